The Hall–Kier alpha value is -2.63. The highest BCUT2D eigenvalue weighted by Gasteiger charge is 2.15. The first kappa shape index (κ1) is 23.6. The van der Waals surface area contributed by atoms with Gasteiger partial charge in [0.25, 0.3) is 0 Å². The largest absolute Gasteiger partial charge is 0.294 e. The smallest absolute Gasteiger partial charge is 0.238 e. The molecule has 0 spiro atoms. The summed E-state index contributed by atoms with van der Waals surface area (Å²) in [5, 5.41) is 8.26. The number of carbonyl (C=O) groups is 1. The Morgan fingerprint density at radius 3 is 2.60 bits per heavy atom. The third-order valence-corrected chi connectivity index (χ3v) is 5.29. The van der Waals surface area contributed by atoms with E-state index in [1.54, 1.807) is 12.1 Å². The van der Waals surface area contributed by atoms with Crippen molar-refractivity contribution >= 4 is 5.78 Å². The van der Waals surface area contributed by atoms with Crippen LogP contribution < -0.4 is 0 Å². The predicted molar refractivity (Wildman–Crippen MR) is 118 cm³/mol. The molecule has 0 N–H and O–H groups in total. The highest BCUT2D eigenvalue weighted by Crippen LogP contribution is 2.24. The van der Waals surface area contributed by atoms with Gasteiger partial charge >= 0.3 is 0 Å². The molecule has 0 saturated carbocycles. The lowest BCUT2D eigenvalue weighted by Crippen LogP contribution is -2.04. The zero-order valence-corrected chi connectivity index (χ0v) is 18.6. The molecule has 2 aromatic rings. The molecule has 0 amide bonds. The molecule has 2 aromatic heterocycles. The summed E-state index contributed by atoms with van der Waals surface area (Å²) in [7, 11) is 0. The molecule has 0 atom stereocenters. The van der Waals surface area contributed by atoms with Crippen LogP contribution in [0.1, 0.15) is 77.1 Å². The van der Waals surface area contributed by atoms with Crippen LogP contribution in [0, 0.1) is 12.9 Å². The lowest BCUT2D eigenvalue weighted by molar-refractivity contribution is -0.115. The van der Waals surface area contributed by atoms with Crippen LogP contribution in [-0.2, 0) is 11.2 Å². The number of rotatable bonds is 5. The Morgan fingerprint density at radius 2 is 1.90 bits per heavy atom. The number of aromatic nitrogens is 4. The fourth-order valence-electron chi connectivity index (χ4n) is 3.62. The van der Waals surface area contributed by atoms with Gasteiger partial charge in [0, 0.05) is 24.6 Å². The number of halogens is 1. The molecule has 2 heterocycles. The average Bonchev–Trinajstić information content (AvgIpc) is 3.16. The van der Waals surface area contributed by atoms with E-state index in [1.165, 1.54) is 22.9 Å². The highest BCUT2D eigenvalue weighted by atomic mass is 19.1. The van der Waals surface area contributed by atoms with Gasteiger partial charge in [-0.3, -0.25) is 4.79 Å². The van der Waals surface area contributed by atoms with Gasteiger partial charge < -0.3 is 0 Å². The van der Waals surface area contributed by atoms with Crippen molar-refractivity contribution in [3.8, 4) is 5.69 Å². The number of hydrogen-bond donors (Lipinski definition) is 0. The van der Waals surface area contributed by atoms with E-state index < -0.39 is 5.95 Å². The second-order valence-corrected chi connectivity index (χ2v) is 7.16. The van der Waals surface area contributed by atoms with Crippen LogP contribution in [0.25, 0.3) is 5.69 Å². The summed E-state index contributed by atoms with van der Waals surface area (Å²) >= 11 is 0. The molecule has 30 heavy (non-hydrogen) atoms. The Morgan fingerprint density at radius 1 is 1.17 bits per heavy atom. The van der Waals surface area contributed by atoms with E-state index in [4.69, 9.17) is 0 Å². The Balaban J connectivity index is 0.00000155. The number of ketones is 1. The summed E-state index contributed by atoms with van der Waals surface area (Å²) in [6.07, 6.45) is 12.8. The van der Waals surface area contributed by atoms with E-state index in [9.17, 15) is 9.18 Å². The molecular weight excluding hydrogens is 379 g/mol. The minimum Gasteiger partial charge on any atom is -0.294 e. The number of hydrogen-bond acceptors (Lipinski definition) is 4. The van der Waals surface area contributed by atoms with E-state index >= 15 is 0 Å². The van der Waals surface area contributed by atoms with Gasteiger partial charge in [0.15, 0.2) is 5.78 Å². The van der Waals surface area contributed by atoms with E-state index in [0.29, 0.717) is 12.8 Å². The molecule has 0 unspecified atom stereocenters. The van der Waals surface area contributed by atoms with Gasteiger partial charge in [0.2, 0.25) is 5.95 Å². The highest BCUT2D eigenvalue weighted by molar-refractivity contribution is 5.98. The number of pyridine rings is 1. The van der Waals surface area contributed by atoms with Crippen molar-refractivity contribution in [1.82, 2.24) is 20.0 Å². The molecule has 0 aromatic carbocycles. The molecule has 0 saturated heterocycles. The lowest BCUT2D eigenvalue weighted by atomic mass is 9.96. The number of carbonyl (C=O) groups excluding carboxylic acids is 1. The Labute approximate surface area is 179 Å². The predicted octanol–water partition coefficient (Wildman–Crippen LogP) is 5.86. The molecule has 162 valence electrons. The van der Waals surface area contributed by atoms with Crippen LogP contribution in [0.3, 0.4) is 0 Å². The van der Waals surface area contributed by atoms with Crippen molar-refractivity contribution in [1.29, 1.82) is 0 Å². The maximum absolute atomic E-state index is 13.9. The third-order valence-electron chi connectivity index (χ3n) is 5.29. The quantitative estimate of drug-likeness (QED) is 0.577. The maximum atomic E-state index is 13.9. The molecule has 5 nitrogen and oxygen atoms in total. The van der Waals surface area contributed by atoms with Crippen LogP contribution in [0.15, 0.2) is 41.6 Å². The van der Waals surface area contributed by atoms with Gasteiger partial charge in [-0.2, -0.15) is 4.39 Å². The summed E-state index contributed by atoms with van der Waals surface area (Å²) in [4.78, 5) is 16.3. The number of Topliss-reactive ketones (excluding diaryl/α,β-unsaturated/α-hetero) is 1. The molecule has 0 fully saturated rings. The fourth-order valence-corrected chi connectivity index (χ4v) is 3.62. The van der Waals surface area contributed by atoms with Gasteiger partial charge in [-0.05, 0) is 44.7 Å². The lowest BCUT2D eigenvalue weighted by Gasteiger charge is -2.08. The molecule has 1 aliphatic rings. The van der Waals surface area contributed by atoms with E-state index in [-0.39, 0.29) is 11.5 Å². The van der Waals surface area contributed by atoms with Crippen molar-refractivity contribution in [2.75, 3.05) is 0 Å². The van der Waals surface area contributed by atoms with Crippen molar-refractivity contribution < 1.29 is 9.18 Å². The normalized spacial score (nSPS) is 17.8. The molecular formula is C24H33FN4O. The summed E-state index contributed by atoms with van der Waals surface area (Å²) in [5.74, 6) is -0.334. The summed E-state index contributed by atoms with van der Waals surface area (Å²) in [5.41, 5.74) is 3.93. The van der Waals surface area contributed by atoms with Crippen LogP contribution in [0.4, 0.5) is 4.39 Å². The molecule has 0 radical (unpaired) electrons. The SMILES string of the molecule is CC.CC/C1=C(\C=C/Cc2nnn(-c3cccnc3F)c2C)C(=O)CCCCCC1. The van der Waals surface area contributed by atoms with Crippen LogP contribution in [0.2, 0.25) is 0 Å². The van der Waals surface area contributed by atoms with Crippen LogP contribution >= 0.6 is 0 Å². The topological polar surface area (TPSA) is 60.7 Å². The van der Waals surface area contributed by atoms with Crippen molar-refractivity contribution in [3.05, 3.63) is 59.0 Å². The first-order valence-electron chi connectivity index (χ1n) is 11.1. The molecule has 0 aliphatic heterocycles. The molecule has 6 heteroatoms. The van der Waals surface area contributed by atoms with E-state index in [2.05, 4.69) is 22.2 Å². The van der Waals surface area contributed by atoms with Gasteiger partial charge in [0.1, 0.15) is 5.69 Å². The van der Waals surface area contributed by atoms with Crippen molar-refractivity contribution in [2.45, 2.75) is 79.1 Å². The van der Waals surface area contributed by atoms with Gasteiger partial charge in [-0.25, -0.2) is 9.67 Å². The monoisotopic (exact) mass is 412 g/mol. The standard InChI is InChI=1S/C22H27FN4O.C2H6/c1-3-17-10-6-4-5-7-14-21(28)18(17)11-8-12-19-16(2)27(26-25-19)20-13-9-15-24-22(20)23;1-2/h8-9,11,13,15H,3-7,10,12,14H2,1-2H3;1-2H3/b11-8-,18-17-;. The van der Waals surface area contributed by atoms with Gasteiger partial charge in [-0.15, -0.1) is 5.10 Å². The third kappa shape index (κ3) is 5.94. The number of allylic oxidation sites excluding steroid dienone is 4. The van der Waals surface area contributed by atoms with Crippen LogP contribution in [0.5, 0.6) is 0 Å². The summed E-state index contributed by atoms with van der Waals surface area (Å²) in [6.45, 7) is 7.98. The summed E-state index contributed by atoms with van der Waals surface area (Å²) in [6, 6.07) is 3.29. The molecule has 0 bridgehead atoms. The Bertz CT molecular complexity index is 898. The fraction of sp³-hybridized carbons (Fsp3) is 0.500. The minimum atomic E-state index is -0.577. The van der Waals surface area contributed by atoms with Gasteiger partial charge in [-0.1, -0.05) is 56.6 Å². The second-order valence-electron chi connectivity index (χ2n) is 7.16. The number of nitrogens with zero attached hydrogens (tertiary/aromatic N) is 4. The summed E-state index contributed by atoms with van der Waals surface area (Å²) < 4.78 is 15.4. The first-order chi connectivity index (χ1) is 14.6. The second kappa shape index (κ2) is 12.2. The average molecular weight is 413 g/mol. The maximum Gasteiger partial charge on any atom is 0.238 e. The molecule has 3 rings (SSSR count). The first-order valence-corrected chi connectivity index (χ1v) is 11.1. The van der Waals surface area contributed by atoms with Crippen molar-refractivity contribution in [2.24, 2.45) is 0 Å². The van der Waals surface area contributed by atoms with Crippen molar-refractivity contribution in [3.63, 3.8) is 0 Å². The zero-order valence-electron chi connectivity index (χ0n) is 18.6. The Kier molecular flexibility index (Phi) is 9.58. The van der Waals surface area contributed by atoms with E-state index in [0.717, 1.165) is 49.1 Å². The van der Waals surface area contributed by atoms with Crippen LogP contribution in [-0.4, -0.2) is 25.8 Å². The zero-order chi connectivity index (χ0) is 21.9. The van der Waals surface area contributed by atoms with E-state index in [1.807, 2.05) is 32.9 Å². The molecule has 1 aliphatic carbocycles. The minimum absolute atomic E-state index is 0.243. The van der Waals surface area contributed by atoms with Gasteiger partial charge in [0.05, 0.1) is 11.4 Å².